The number of nitrogens with one attached hydrogen (secondary N) is 2. The Hall–Kier alpha value is -2.23. The first-order valence-corrected chi connectivity index (χ1v) is 8.17. The van der Waals surface area contributed by atoms with E-state index in [1.54, 1.807) is 31.4 Å². The molecule has 0 bridgehead atoms. The monoisotopic (exact) mass is 468 g/mol. The highest BCUT2D eigenvalue weighted by Crippen LogP contribution is 1.97. The lowest BCUT2D eigenvalue weighted by atomic mass is 10.2. The number of amides is 1. The first-order chi connectivity index (χ1) is 12.2. The van der Waals surface area contributed by atoms with Crippen LogP contribution < -0.4 is 10.6 Å². The van der Waals surface area contributed by atoms with E-state index in [-0.39, 0.29) is 36.4 Å². The van der Waals surface area contributed by atoms with Gasteiger partial charge in [-0.3, -0.25) is 19.8 Å². The van der Waals surface area contributed by atoms with Crippen molar-refractivity contribution in [3.05, 3.63) is 60.2 Å². The average molecular weight is 468 g/mol. The number of aromatic nitrogens is 2. The van der Waals surface area contributed by atoms with Gasteiger partial charge >= 0.3 is 0 Å². The zero-order chi connectivity index (χ0) is 17.9. The SMILES string of the molecule is CN=C(NCC(=O)N(C)CCc1ccccn1)NCc1ccccn1.I. The lowest BCUT2D eigenvalue weighted by Gasteiger charge is -2.18. The number of likely N-dealkylation sites (N-methyl/N-ethyl adjacent to an activating group) is 1. The van der Waals surface area contributed by atoms with E-state index >= 15 is 0 Å². The highest BCUT2D eigenvalue weighted by molar-refractivity contribution is 14.0. The quantitative estimate of drug-likeness (QED) is 0.366. The van der Waals surface area contributed by atoms with Crippen molar-refractivity contribution in [2.24, 2.45) is 4.99 Å². The predicted molar refractivity (Wildman–Crippen MR) is 113 cm³/mol. The van der Waals surface area contributed by atoms with E-state index in [0.29, 0.717) is 19.0 Å². The van der Waals surface area contributed by atoms with Gasteiger partial charge in [0.15, 0.2) is 5.96 Å². The molecule has 0 radical (unpaired) electrons. The summed E-state index contributed by atoms with van der Waals surface area (Å²) in [5.41, 5.74) is 1.88. The molecule has 140 valence electrons. The molecule has 2 heterocycles. The van der Waals surface area contributed by atoms with Crippen LogP contribution in [-0.4, -0.2) is 53.9 Å². The van der Waals surface area contributed by atoms with E-state index in [1.807, 2.05) is 36.4 Å². The molecule has 0 saturated heterocycles. The Kier molecular flexibility index (Phi) is 10.2. The van der Waals surface area contributed by atoms with Gasteiger partial charge in [0.2, 0.25) is 5.91 Å². The third kappa shape index (κ3) is 7.77. The van der Waals surface area contributed by atoms with Gasteiger partial charge in [-0.1, -0.05) is 12.1 Å². The fourth-order valence-electron chi connectivity index (χ4n) is 2.14. The van der Waals surface area contributed by atoms with E-state index in [2.05, 4.69) is 25.6 Å². The molecule has 0 aromatic carbocycles. The molecule has 1 amide bonds. The van der Waals surface area contributed by atoms with Gasteiger partial charge in [0.1, 0.15) is 0 Å². The van der Waals surface area contributed by atoms with E-state index in [0.717, 1.165) is 17.8 Å². The summed E-state index contributed by atoms with van der Waals surface area (Å²) in [4.78, 5) is 26.5. The normalized spacial score (nSPS) is 10.6. The minimum absolute atomic E-state index is 0. The third-order valence-corrected chi connectivity index (χ3v) is 3.65. The van der Waals surface area contributed by atoms with Crippen molar-refractivity contribution < 1.29 is 4.79 Å². The summed E-state index contributed by atoms with van der Waals surface area (Å²) in [6, 6.07) is 11.5. The first kappa shape index (κ1) is 21.8. The van der Waals surface area contributed by atoms with Crippen LogP contribution in [0.1, 0.15) is 11.4 Å². The number of hydrogen-bond acceptors (Lipinski definition) is 4. The van der Waals surface area contributed by atoms with Gasteiger partial charge in [-0.15, -0.1) is 24.0 Å². The maximum Gasteiger partial charge on any atom is 0.241 e. The molecule has 0 aliphatic rings. The summed E-state index contributed by atoms with van der Waals surface area (Å²) in [6.45, 7) is 1.35. The summed E-state index contributed by atoms with van der Waals surface area (Å²) >= 11 is 0. The van der Waals surface area contributed by atoms with Crippen LogP contribution in [-0.2, 0) is 17.8 Å². The molecule has 2 aromatic heterocycles. The summed E-state index contributed by atoms with van der Waals surface area (Å²) in [5.74, 6) is 0.564. The van der Waals surface area contributed by atoms with Crippen LogP contribution in [0.4, 0.5) is 0 Å². The van der Waals surface area contributed by atoms with E-state index in [4.69, 9.17) is 0 Å². The Morgan fingerprint density at radius 2 is 1.73 bits per heavy atom. The first-order valence-electron chi connectivity index (χ1n) is 8.17. The Balaban J connectivity index is 0.00000338. The van der Waals surface area contributed by atoms with Crippen molar-refractivity contribution in [2.75, 3.05) is 27.2 Å². The van der Waals surface area contributed by atoms with E-state index in [9.17, 15) is 4.79 Å². The van der Waals surface area contributed by atoms with Crippen molar-refractivity contribution in [1.29, 1.82) is 0 Å². The smallest absolute Gasteiger partial charge is 0.241 e. The maximum absolute atomic E-state index is 12.2. The van der Waals surface area contributed by atoms with Crippen molar-refractivity contribution in [3.8, 4) is 0 Å². The summed E-state index contributed by atoms with van der Waals surface area (Å²) in [7, 11) is 3.46. The molecule has 2 rings (SSSR count). The second-order valence-electron chi connectivity index (χ2n) is 5.49. The highest BCUT2D eigenvalue weighted by atomic mass is 127. The average Bonchev–Trinajstić information content (AvgIpc) is 2.67. The minimum atomic E-state index is -0.00304. The third-order valence-electron chi connectivity index (χ3n) is 3.65. The lowest BCUT2D eigenvalue weighted by molar-refractivity contribution is -0.128. The Morgan fingerprint density at radius 1 is 1.08 bits per heavy atom. The molecule has 0 atom stereocenters. The standard InChI is InChI=1S/C18H24N6O.HI/c1-19-18(22-13-16-8-4-6-11-21-16)23-14-17(25)24(2)12-9-15-7-3-5-10-20-15;/h3-8,10-11H,9,12-14H2,1-2H3,(H2,19,22,23);1H. The van der Waals surface area contributed by atoms with Gasteiger partial charge in [0.05, 0.1) is 18.8 Å². The van der Waals surface area contributed by atoms with Crippen molar-refractivity contribution in [3.63, 3.8) is 0 Å². The van der Waals surface area contributed by atoms with Gasteiger partial charge < -0.3 is 15.5 Å². The molecule has 7 nitrogen and oxygen atoms in total. The second-order valence-corrected chi connectivity index (χ2v) is 5.49. The van der Waals surface area contributed by atoms with Crippen molar-refractivity contribution >= 4 is 35.8 Å². The molecule has 0 aliphatic carbocycles. The van der Waals surface area contributed by atoms with E-state index in [1.165, 1.54) is 0 Å². The lowest BCUT2D eigenvalue weighted by Crippen LogP contribution is -2.43. The van der Waals surface area contributed by atoms with Gasteiger partial charge in [0, 0.05) is 45.1 Å². The molecular weight excluding hydrogens is 443 g/mol. The number of halogens is 1. The molecule has 8 heteroatoms. The van der Waals surface area contributed by atoms with Crippen molar-refractivity contribution in [2.45, 2.75) is 13.0 Å². The van der Waals surface area contributed by atoms with Crippen LogP contribution >= 0.6 is 24.0 Å². The zero-order valence-corrected chi connectivity index (χ0v) is 17.4. The molecule has 0 fully saturated rings. The number of carbonyl (C=O) groups is 1. The van der Waals surface area contributed by atoms with Crippen LogP contribution in [0.15, 0.2) is 53.8 Å². The molecule has 26 heavy (non-hydrogen) atoms. The summed E-state index contributed by atoms with van der Waals surface area (Å²) in [5, 5.41) is 6.16. The van der Waals surface area contributed by atoms with Crippen LogP contribution in [0.2, 0.25) is 0 Å². The number of pyridine rings is 2. The number of aliphatic imine (C=N–C) groups is 1. The number of guanidine groups is 1. The maximum atomic E-state index is 12.2. The molecule has 0 saturated carbocycles. The minimum Gasteiger partial charge on any atom is -0.351 e. The largest absolute Gasteiger partial charge is 0.351 e. The molecule has 0 aliphatic heterocycles. The van der Waals surface area contributed by atoms with Gasteiger partial charge in [-0.2, -0.15) is 0 Å². The predicted octanol–water partition coefficient (Wildman–Crippen LogP) is 1.46. The number of hydrogen-bond donors (Lipinski definition) is 2. The van der Waals surface area contributed by atoms with Crippen LogP contribution in [0, 0.1) is 0 Å². The number of rotatable bonds is 7. The molecular formula is C18H25IN6O. The van der Waals surface area contributed by atoms with Crippen LogP contribution in [0.3, 0.4) is 0 Å². The summed E-state index contributed by atoms with van der Waals surface area (Å²) < 4.78 is 0. The molecule has 2 aromatic rings. The molecule has 0 spiro atoms. The van der Waals surface area contributed by atoms with Gasteiger partial charge in [-0.25, -0.2) is 0 Å². The molecule has 0 unspecified atom stereocenters. The fourth-order valence-corrected chi connectivity index (χ4v) is 2.14. The summed E-state index contributed by atoms with van der Waals surface area (Å²) in [6.07, 6.45) is 4.24. The van der Waals surface area contributed by atoms with Crippen LogP contribution in [0.25, 0.3) is 0 Å². The van der Waals surface area contributed by atoms with E-state index < -0.39 is 0 Å². The highest BCUT2D eigenvalue weighted by Gasteiger charge is 2.10. The van der Waals surface area contributed by atoms with Crippen molar-refractivity contribution in [1.82, 2.24) is 25.5 Å². The Labute approximate surface area is 171 Å². The topological polar surface area (TPSA) is 82.5 Å². The number of carbonyl (C=O) groups excluding carboxylic acids is 1. The second kappa shape index (κ2) is 12.2. The number of nitrogens with zero attached hydrogens (tertiary/aromatic N) is 4. The Bertz CT molecular complexity index is 681. The zero-order valence-electron chi connectivity index (χ0n) is 15.1. The Morgan fingerprint density at radius 3 is 2.31 bits per heavy atom. The van der Waals surface area contributed by atoms with Crippen LogP contribution in [0.5, 0.6) is 0 Å². The van der Waals surface area contributed by atoms with Gasteiger partial charge in [0.25, 0.3) is 0 Å². The fraction of sp³-hybridized carbons (Fsp3) is 0.333. The van der Waals surface area contributed by atoms with Gasteiger partial charge in [-0.05, 0) is 24.3 Å². The molecule has 2 N–H and O–H groups in total.